The summed E-state index contributed by atoms with van der Waals surface area (Å²) in [5, 5.41) is 8.27. The maximum atomic E-state index is 12.6. The molecule has 1 N–H and O–H groups in total. The lowest BCUT2D eigenvalue weighted by Crippen LogP contribution is -2.12. The SMILES string of the molecule is O=C(Nc1nc(-c2cccs2)cs1)c1ccnc2ccccc12. The number of thiophene rings is 1. The summed E-state index contributed by atoms with van der Waals surface area (Å²) in [6.45, 7) is 0. The molecule has 4 aromatic rings. The van der Waals surface area contributed by atoms with Crippen LogP contribution in [-0.4, -0.2) is 15.9 Å². The molecule has 0 radical (unpaired) electrons. The third kappa shape index (κ3) is 2.74. The van der Waals surface area contributed by atoms with Crippen LogP contribution in [0.2, 0.25) is 0 Å². The van der Waals surface area contributed by atoms with E-state index in [0.717, 1.165) is 21.5 Å². The van der Waals surface area contributed by atoms with Gasteiger partial charge in [0.1, 0.15) is 0 Å². The topological polar surface area (TPSA) is 54.9 Å². The van der Waals surface area contributed by atoms with E-state index in [9.17, 15) is 4.79 Å². The number of aromatic nitrogens is 2. The largest absolute Gasteiger partial charge is 0.298 e. The first-order valence-corrected chi connectivity index (χ1v) is 8.72. The summed E-state index contributed by atoms with van der Waals surface area (Å²) in [6, 6.07) is 13.3. The second-order valence-electron chi connectivity index (χ2n) is 4.84. The molecule has 0 aliphatic heterocycles. The van der Waals surface area contributed by atoms with Crippen LogP contribution in [0.5, 0.6) is 0 Å². The molecule has 0 saturated carbocycles. The van der Waals surface area contributed by atoms with Crippen LogP contribution in [0.15, 0.2) is 59.4 Å². The number of hydrogen-bond donors (Lipinski definition) is 1. The predicted octanol–water partition coefficient (Wildman–Crippen LogP) is 4.67. The van der Waals surface area contributed by atoms with E-state index in [4.69, 9.17) is 0 Å². The van der Waals surface area contributed by atoms with E-state index in [0.29, 0.717) is 10.7 Å². The highest BCUT2D eigenvalue weighted by Crippen LogP contribution is 2.28. The van der Waals surface area contributed by atoms with Crippen LogP contribution in [0.4, 0.5) is 5.13 Å². The van der Waals surface area contributed by atoms with E-state index in [2.05, 4.69) is 15.3 Å². The number of carbonyl (C=O) groups is 1. The predicted molar refractivity (Wildman–Crippen MR) is 95.1 cm³/mol. The summed E-state index contributed by atoms with van der Waals surface area (Å²) in [5.41, 5.74) is 2.29. The van der Waals surface area contributed by atoms with E-state index >= 15 is 0 Å². The van der Waals surface area contributed by atoms with Crippen LogP contribution in [0.25, 0.3) is 21.5 Å². The molecule has 1 amide bonds. The molecule has 0 unspecified atom stereocenters. The molecule has 4 rings (SSSR count). The van der Waals surface area contributed by atoms with Gasteiger partial charge < -0.3 is 0 Å². The Labute approximate surface area is 140 Å². The summed E-state index contributed by atoms with van der Waals surface area (Å²) in [6.07, 6.45) is 1.65. The van der Waals surface area contributed by atoms with Crippen molar-refractivity contribution in [2.75, 3.05) is 5.32 Å². The van der Waals surface area contributed by atoms with Gasteiger partial charge >= 0.3 is 0 Å². The van der Waals surface area contributed by atoms with Gasteiger partial charge in [-0.3, -0.25) is 15.1 Å². The number of nitrogens with zero attached hydrogens (tertiary/aromatic N) is 2. The van der Waals surface area contributed by atoms with E-state index in [1.807, 2.05) is 47.2 Å². The Morgan fingerprint density at radius 3 is 2.83 bits per heavy atom. The number of carbonyl (C=O) groups excluding carboxylic acids is 1. The quantitative estimate of drug-likeness (QED) is 0.591. The van der Waals surface area contributed by atoms with Gasteiger partial charge in [-0.25, -0.2) is 4.98 Å². The zero-order chi connectivity index (χ0) is 15.6. The second kappa shape index (κ2) is 5.91. The maximum absolute atomic E-state index is 12.6. The molecular formula is C17H11N3OS2. The van der Waals surface area contributed by atoms with Gasteiger partial charge in [-0.05, 0) is 23.6 Å². The molecule has 1 aromatic carbocycles. The highest BCUT2D eigenvalue weighted by Gasteiger charge is 2.13. The van der Waals surface area contributed by atoms with Crippen molar-refractivity contribution in [1.82, 2.24) is 9.97 Å². The lowest BCUT2D eigenvalue weighted by Gasteiger charge is -2.05. The van der Waals surface area contributed by atoms with Crippen LogP contribution < -0.4 is 5.32 Å². The average Bonchev–Trinajstić information content (AvgIpc) is 3.25. The third-order valence-corrected chi connectivity index (χ3v) is 5.04. The Morgan fingerprint density at radius 1 is 1.04 bits per heavy atom. The highest BCUT2D eigenvalue weighted by atomic mass is 32.1. The smallest absolute Gasteiger partial charge is 0.258 e. The fraction of sp³-hybridized carbons (Fsp3) is 0. The van der Waals surface area contributed by atoms with E-state index in [1.54, 1.807) is 23.6 Å². The molecule has 0 aliphatic rings. The number of thiazole rings is 1. The third-order valence-electron chi connectivity index (χ3n) is 3.39. The molecule has 0 fully saturated rings. The Balaban J connectivity index is 1.62. The fourth-order valence-corrected chi connectivity index (χ4v) is 3.79. The minimum Gasteiger partial charge on any atom is -0.298 e. The van der Waals surface area contributed by atoms with Crippen LogP contribution >= 0.6 is 22.7 Å². The summed E-state index contributed by atoms with van der Waals surface area (Å²) < 4.78 is 0. The highest BCUT2D eigenvalue weighted by molar-refractivity contribution is 7.16. The summed E-state index contributed by atoms with van der Waals surface area (Å²) >= 11 is 3.05. The summed E-state index contributed by atoms with van der Waals surface area (Å²) in [4.78, 5) is 22.4. The minimum absolute atomic E-state index is 0.171. The fourth-order valence-electron chi connectivity index (χ4n) is 2.33. The first-order chi connectivity index (χ1) is 11.3. The van der Waals surface area contributed by atoms with Crippen molar-refractivity contribution in [2.45, 2.75) is 0 Å². The molecule has 3 aromatic heterocycles. The number of fused-ring (bicyclic) bond motifs is 1. The van der Waals surface area contributed by atoms with Crippen molar-refractivity contribution in [2.24, 2.45) is 0 Å². The van der Waals surface area contributed by atoms with Crippen molar-refractivity contribution >= 4 is 44.6 Å². The van der Waals surface area contributed by atoms with Crippen LogP contribution in [0.1, 0.15) is 10.4 Å². The van der Waals surface area contributed by atoms with Gasteiger partial charge in [0.25, 0.3) is 5.91 Å². The molecule has 112 valence electrons. The molecule has 4 nitrogen and oxygen atoms in total. The number of pyridine rings is 1. The van der Waals surface area contributed by atoms with E-state index < -0.39 is 0 Å². The van der Waals surface area contributed by atoms with Crippen LogP contribution in [-0.2, 0) is 0 Å². The standard InChI is InChI=1S/C17H11N3OS2/c21-16(12-7-8-18-13-5-2-1-4-11(12)13)20-17-19-14(10-23-17)15-6-3-9-22-15/h1-10H,(H,19,20,21). The Bertz CT molecular complexity index is 971. The first-order valence-electron chi connectivity index (χ1n) is 6.96. The maximum Gasteiger partial charge on any atom is 0.258 e. The second-order valence-corrected chi connectivity index (χ2v) is 6.65. The first kappa shape index (κ1) is 14.0. The number of para-hydroxylation sites is 1. The van der Waals surface area contributed by atoms with Gasteiger partial charge in [-0.1, -0.05) is 24.3 Å². The zero-order valence-corrected chi connectivity index (χ0v) is 13.5. The van der Waals surface area contributed by atoms with Crippen molar-refractivity contribution < 1.29 is 4.79 Å². The summed E-state index contributed by atoms with van der Waals surface area (Å²) in [5.74, 6) is -0.171. The molecule has 0 aliphatic carbocycles. The molecular weight excluding hydrogens is 326 g/mol. The molecule has 0 saturated heterocycles. The number of hydrogen-bond acceptors (Lipinski definition) is 5. The number of rotatable bonds is 3. The summed E-state index contributed by atoms with van der Waals surface area (Å²) in [7, 11) is 0. The van der Waals surface area contributed by atoms with E-state index in [1.165, 1.54) is 11.3 Å². The van der Waals surface area contributed by atoms with Crippen LogP contribution in [0.3, 0.4) is 0 Å². The van der Waals surface area contributed by atoms with Crippen molar-refractivity contribution in [3.8, 4) is 10.6 Å². The zero-order valence-electron chi connectivity index (χ0n) is 11.9. The lowest BCUT2D eigenvalue weighted by molar-refractivity contribution is 0.102. The van der Waals surface area contributed by atoms with Gasteiger partial charge in [-0.2, -0.15) is 0 Å². The van der Waals surface area contributed by atoms with Gasteiger partial charge in [-0.15, -0.1) is 22.7 Å². The number of nitrogens with one attached hydrogen (secondary N) is 1. The number of anilines is 1. The van der Waals surface area contributed by atoms with Gasteiger partial charge in [0.2, 0.25) is 0 Å². The van der Waals surface area contributed by atoms with Crippen molar-refractivity contribution in [1.29, 1.82) is 0 Å². The Hall–Kier alpha value is -2.57. The lowest BCUT2D eigenvalue weighted by atomic mass is 10.1. The number of benzene rings is 1. The normalized spacial score (nSPS) is 10.8. The molecule has 0 bridgehead atoms. The monoisotopic (exact) mass is 337 g/mol. The molecule has 0 spiro atoms. The van der Waals surface area contributed by atoms with Crippen LogP contribution in [0, 0.1) is 0 Å². The van der Waals surface area contributed by atoms with Crippen molar-refractivity contribution in [3.05, 3.63) is 65.0 Å². The number of amides is 1. The molecule has 6 heteroatoms. The van der Waals surface area contributed by atoms with Gasteiger partial charge in [0.05, 0.1) is 21.7 Å². The molecule has 3 heterocycles. The average molecular weight is 337 g/mol. The Morgan fingerprint density at radius 2 is 1.96 bits per heavy atom. The molecule has 23 heavy (non-hydrogen) atoms. The van der Waals surface area contributed by atoms with Gasteiger partial charge in [0, 0.05) is 17.0 Å². The van der Waals surface area contributed by atoms with Crippen molar-refractivity contribution in [3.63, 3.8) is 0 Å². The van der Waals surface area contributed by atoms with E-state index in [-0.39, 0.29) is 5.91 Å². The van der Waals surface area contributed by atoms with Gasteiger partial charge in [0.15, 0.2) is 5.13 Å². The Kier molecular flexibility index (Phi) is 3.61. The minimum atomic E-state index is -0.171. The molecule has 0 atom stereocenters.